The first-order valence-electron chi connectivity index (χ1n) is 7.98. The summed E-state index contributed by atoms with van der Waals surface area (Å²) in [5.74, 6) is -4.11. The van der Waals surface area contributed by atoms with Crippen molar-refractivity contribution in [2.24, 2.45) is 0 Å². The van der Waals surface area contributed by atoms with Crippen molar-refractivity contribution in [1.82, 2.24) is 0 Å². The molecule has 0 aliphatic carbocycles. The summed E-state index contributed by atoms with van der Waals surface area (Å²) >= 11 is 0. The van der Waals surface area contributed by atoms with Crippen LogP contribution in [0.3, 0.4) is 0 Å². The van der Waals surface area contributed by atoms with Crippen LogP contribution >= 0.6 is 0 Å². The van der Waals surface area contributed by atoms with E-state index in [0.29, 0.717) is 0 Å². The molecule has 0 spiro atoms. The molecule has 0 radical (unpaired) electrons. The summed E-state index contributed by atoms with van der Waals surface area (Å²) in [5, 5.41) is 127. The molecule has 16 nitrogen and oxygen atoms in total. The molecule has 17 heteroatoms. The SMILES string of the molecule is O=C([O-])[C@H](O)[C@@H](O)[C@H](O)C(O)(CO)CO.O=C([O-])[C@H](O)[C@@H](O)[C@H](O)C(O)(CO)CO.[Ca+2]. The van der Waals surface area contributed by atoms with E-state index in [2.05, 4.69) is 0 Å². The molecular formula is C14H26CaO16. The largest absolute Gasteiger partial charge is 2.00 e. The second-order valence-corrected chi connectivity index (χ2v) is 6.24. The fourth-order valence-corrected chi connectivity index (χ4v) is 1.73. The van der Waals surface area contributed by atoms with Gasteiger partial charge in [0.05, 0.1) is 38.4 Å². The second-order valence-electron chi connectivity index (χ2n) is 6.24. The van der Waals surface area contributed by atoms with Gasteiger partial charge in [0.25, 0.3) is 0 Å². The van der Waals surface area contributed by atoms with E-state index in [4.69, 9.17) is 40.9 Å². The molecule has 0 fully saturated rings. The van der Waals surface area contributed by atoms with Crippen LogP contribution in [0, 0.1) is 0 Å². The van der Waals surface area contributed by atoms with Crippen molar-refractivity contribution in [3.8, 4) is 0 Å². The third-order valence-electron chi connectivity index (χ3n) is 3.97. The maximum atomic E-state index is 10.1. The first-order valence-corrected chi connectivity index (χ1v) is 7.98. The van der Waals surface area contributed by atoms with Gasteiger partial charge in [0.2, 0.25) is 0 Å². The van der Waals surface area contributed by atoms with Crippen LogP contribution in [0.2, 0.25) is 0 Å². The van der Waals surface area contributed by atoms with Crippen LogP contribution in [0.4, 0.5) is 0 Å². The van der Waals surface area contributed by atoms with E-state index in [-0.39, 0.29) is 37.7 Å². The Morgan fingerprint density at radius 3 is 0.935 bits per heavy atom. The van der Waals surface area contributed by atoms with Crippen LogP contribution in [0.1, 0.15) is 0 Å². The summed E-state index contributed by atoms with van der Waals surface area (Å²) in [4.78, 5) is 20.2. The number of aliphatic hydroxyl groups is 12. The van der Waals surface area contributed by atoms with Gasteiger partial charge in [-0.3, -0.25) is 0 Å². The zero-order valence-corrected chi connectivity index (χ0v) is 18.2. The summed E-state index contributed by atoms with van der Waals surface area (Å²) < 4.78 is 0. The zero-order valence-electron chi connectivity index (χ0n) is 16.0. The third kappa shape index (κ3) is 10.0. The van der Waals surface area contributed by atoms with Crippen LogP contribution in [0.15, 0.2) is 0 Å². The Labute approximate surface area is 204 Å². The third-order valence-corrected chi connectivity index (χ3v) is 3.97. The van der Waals surface area contributed by atoms with Crippen LogP contribution < -0.4 is 10.2 Å². The Morgan fingerprint density at radius 2 is 0.806 bits per heavy atom. The summed E-state index contributed by atoms with van der Waals surface area (Å²) in [6.07, 6.45) is -13.9. The topological polar surface area (TPSA) is 323 Å². The van der Waals surface area contributed by atoms with Gasteiger partial charge >= 0.3 is 37.7 Å². The molecule has 0 aliphatic rings. The molecule has 180 valence electrons. The van der Waals surface area contributed by atoms with E-state index in [9.17, 15) is 40.2 Å². The normalized spacial score (nSPS) is 17.7. The molecule has 0 aliphatic heterocycles. The smallest absolute Gasteiger partial charge is 0.547 e. The molecule has 0 aromatic rings. The number of aliphatic carboxylic acids is 2. The molecule has 0 aromatic heterocycles. The molecule has 12 N–H and O–H groups in total. The molecule has 0 aromatic carbocycles. The van der Waals surface area contributed by atoms with Crippen LogP contribution in [0.5, 0.6) is 0 Å². The van der Waals surface area contributed by atoms with E-state index in [1.165, 1.54) is 0 Å². The first kappa shape index (κ1) is 35.3. The van der Waals surface area contributed by atoms with E-state index >= 15 is 0 Å². The summed E-state index contributed by atoms with van der Waals surface area (Å²) in [6, 6.07) is 0. The van der Waals surface area contributed by atoms with Gasteiger partial charge in [-0.15, -0.1) is 0 Å². The van der Waals surface area contributed by atoms with Crippen LogP contribution in [-0.4, -0.2) is 185 Å². The summed E-state index contributed by atoms with van der Waals surface area (Å²) in [5.41, 5.74) is -5.01. The zero-order chi connectivity index (χ0) is 24.4. The van der Waals surface area contributed by atoms with E-state index < -0.39 is 86.2 Å². The van der Waals surface area contributed by atoms with E-state index in [1.807, 2.05) is 0 Å². The molecule has 0 bridgehead atoms. The van der Waals surface area contributed by atoms with Crippen molar-refractivity contribution in [2.45, 2.75) is 47.8 Å². The van der Waals surface area contributed by atoms with Crippen LogP contribution in [-0.2, 0) is 9.59 Å². The number of hydrogen-bond donors (Lipinski definition) is 12. The van der Waals surface area contributed by atoms with Gasteiger partial charge in [0, 0.05) is 0 Å². The minimum atomic E-state index is -2.50. The van der Waals surface area contributed by atoms with Gasteiger partial charge in [-0.25, -0.2) is 0 Å². The summed E-state index contributed by atoms with van der Waals surface area (Å²) in [6.45, 7) is -4.49. The molecule has 0 unspecified atom stereocenters. The van der Waals surface area contributed by atoms with Gasteiger partial charge in [0.1, 0.15) is 47.8 Å². The molecule has 0 rings (SSSR count). The van der Waals surface area contributed by atoms with Crippen molar-refractivity contribution < 1.29 is 81.1 Å². The monoisotopic (exact) mass is 490 g/mol. The summed E-state index contributed by atoms with van der Waals surface area (Å²) in [7, 11) is 0. The number of carbonyl (C=O) groups excluding carboxylic acids is 2. The predicted octanol–water partition coefficient (Wildman–Crippen LogP) is -11.3. The maximum absolute atomic E-state index is 10.1. The minimum absolute atomic E-state index is 0. The van der Waals surface area contributed by atoms with Crippen molar-refractivity contribution >= 4 is 49.7 Å². The van der Waals surface area contributed by atoms with Crippen molar-refractivity contribution in [3.63, 3.8) is 0 Å². The predicted molar refractivity (Wildman–Crippen MR) is 90.1 cm³/mol. The second kappa shape index (κ2) is 15.5. The van der Waals surface area contributed by atoms with Gasteiger partial charge in [0.15, 0.2) is 0 Å². The van der Waals surface area contributed by atoms with Crippen molar-refractivity contribution in [3.05, 3.63) is 0 Å². The Kier molecular flexibility index (Phi) is 17.7. The number of carboxylic acid groups (broad SMARTS) is 2. The Morgan fingerprint density at radius 1 is 0.613 bits per heavy atom. The van der Waals surface area contributed by atoms with E-state index in [1.54, 1.807) is 0 Å². The molecule has 0 saturated heterocycles. The maximum Gasteiger partial charge on any atom is 2.00 e. The minimum Gasteiger partial charge on any atom is -0.547 e. The number of carbonyl (C=O) groups is 2. The quantitative estimate of drug-likeness (QED) is 0.113. The van der Waals surface area contributed by atoms with E-state index in [0.717, 1.165) is 0 Å². The Hall–Kier alpha value is -0.280. The number of carboxylic acids is 2. The number of rotatable bonds is 12. The molecular weight excluding hydrogens is 464 g/mol. The molecule has 0 saturated carbocycles. The van der Waals surface area contributed by atoms with Gasteiger partial charge in [-0.05, 0) is 0 Å². The fraction of sp³-hybridized carbons (Fsp3) is 0.857. The number of aliphatic hydroxyl groups excluding tert-OH is 10. The molecule has 31 heavy (non-hydrogen) atoms. The molecule has 0 heterocycles. The molecule has 0 amide bonds. The van der Waals surface area contributed by atoms with Crippen molar-refractivity contribution in [1.29, 1.82) is 0 Å². The van der Waals surface area contributed by atoms with Gasteiger partial charge < -0.3 is 81.1 Å². The van der Waals surface area contributed by atoms with Crippen LogP contribution in [0.25, 0.3) is 0 Å². The first-order chi connectivity index (χ1) is 13.6. The Balaban J connectivity index is -0.000000490. The Bertz CT molecular complexity index is 478. The average Bonchev–Trinajstić information content (AvgIpc) is 2.74. The number of hydrogen-bond acceptors (Lipinski definition) is 16. The molecule has 6 atom stereocenters. The van der Waals surface area contributed by atoms with Crippen molar-refractivity contribution in [2.75, 3.05) is 26.4 Å². The fourth-order valence-electron chi connectivity index (χ4n) is 1.73. The van der Waals surface area contributed by atoms with Gasteiger partial charge in [-0.2, -0.15) is 0 Å². The average molecular weight is 490 g/mol. The standard InChI is InChI=1S/2C7H14O8.Ca/c2*8-1-7(15,2-9)5(12)3(10)4(11)6(13)14;/h2*3-5,8-12,15H,1-2H2,(H,13,14);/q;;+2/p-2/t2*3-,4-,5+;/m11./s1. The van der Waals surface area contributed by atoms with Gasteiger partial charge in [-0.1, -0.05) is 0 Å².